The van der Waals surface area contributed by atoms with Gasteiger partial charge in [0.15, 0.2) is 0 Å². The maximum absolute atomic E-state index is 4.21. The van der Waals surface area contributed by atoms with Gasteiger partial charge in [0.05, 0.1) is 26.2 Å². The van der Waals surface area contributed by atoms with E-state index in [-0.39, 0.29) is 6.29 Å². The molecule has 0 radical (unpaired) electrons. The molecule has 0 bridgehead atoms. The normalized spacial score (nSPS) is 14.7. The molecule has 1 rings (SSSR count). The summed E-state index contributed by atoms with van der Waals surface area (Å²) in [5, 5.41) is 0. The average Bonchev–Trinajstić information content (AvgIpc) is 3.29. The van der Waals surface area contributed by atoms with E-state index in [2.05, 4.69) is 37.5 Å². The third kappa shape index (κ3) is 12.1. The van der Waals surface area contributed by atoms with Crippen molar-refractivity contribution in [2.75, 3.05) is 26.2 Å². The lowest BCUT2D eigenvalue weighted by Gasteiger charge is -2.39. The van der Waals surface area contributed by atoms with E-state index in [1.54, 1.807) is 0 Å². The number of nitrogens with zero attached hydrogens (tertiary/aromatic N) is 1. The Hall–Kier alpha value is -0.120. The lowest BCUT2D eigenvalue weighted by atomic mass is 10.1. The lowest BCUT2D eigenvalue weighted by molar-refractivity contribution is -0.929. The molecular weight excluding hydrogens is 262 g/mol. The first-order valence-corrected chi connectivity index (χ1v) is 9.31. The summed E-state index contributed by atoms with van der Waals surface area (Å²) in [5.41, 5.74) is 0. The van der Waals surface area contributed by atoms with Crippen molar-refractivity contribution < 1.29 is 14.3 Å². The van der Waals surface area contributed by atoms with Crippen LogP contribution < -0.4 is 0 Å². The number of hydrogen-bond donors (Lipinski definition) is 0. The molecule has 0 saturated carbocycles. The molecule has 0 aromatic rings. The average molecular weight is 303 g/mol. The second-order valence-corrected chi connectivity index (χ2v) is 6.41. The largest absolute Gasteiger partial charge is 0.324 e. The van der Waals surface area contributed by atoms with Crippen LogP contribution in [0, 0.1) is 0 Å². The first-order valence-electron chi connectivity index (χ1n) is 9.31. The Morgan fingerprint density at radius 2 is 0.857 bits per heavy atom. The lowest BCUT2D eigenvalue weighted by Crippen LogP contribution is -2.50. The van der Waals surface area contributed by atoms with Gasteiger partial charge < -0.3 is 4.48 Å². The Morgan fingerprint density at radius 3 is 1.00 bits per heavy atom. The summed E-state index contributed by atoms with van der Waals surface area (Å²) in [6.45, 7) is 16.9. The summed E-state index contributed by atoms with van der Waals surface area (Å²) in [6.07, 6.45) is 11.1. The SMILES string of the molecule is CC1OO1.CCCC[N+](CCCC)(CCCC)CCCC. The van der Waals surface area contributed by atoms with Gasteiger partial charge in [-0.2, -0.15) is 9.78 Å². The molecule has 1 saturated heterocycles. The van der Waals surface area contributed by atoms with E-state index in [0.29, 0.717) is 0 Å². The maximum atomic E-state index is 4.21. The van der Waals surface area contributed by atoms with Crippen LogP contribution in [0.5, 0.6) is 0 Å². The summed E-state index contributed by atoms with van der Waals surface area (Å²) in [6, 6.07) is 0. The van der Waals surface area contributed by atoms with Crippen LogP contribution in [0.15, 0.2) is 0 Å². The summed E-state index contributed by atoms with van der Waals surface area (Å²) >= 11 is 0. The van der Waals surface area contributed by atoms with Crippen LogP contribution >= 0.6 is 0 Å². The van der Waals surface area contributed by atoms with Crippen LogP contribution in [-0.2, 0) is 9.78 Å². The van der Waals surface area contributed by atoms with Gasteiger partial charge in [0.2, 0.25) is 6.29 Å². The standard InChI is InChI=1S/C16H36N.C2H4O2/c1-5-9-13-17(14-10-6-2,15-11-7-3)16-12-8-4;1-2-3-4-2/h5-16H2,1-4H3;2H,1H3/q+1;. The molecule has 0 unspecified atom stereocenters. The Balaban J connectivity index is 0.000000847. The van der Waals surface area contributed by atoms with Gasteiger partial charge in [-0.05, 0) is 32.6 Å². The predicted octanol–water partition coefficient (Wildman–Crippen LogP) is 5.30. The number of hydrogen-bond acceptors (Lipinski definition) is 2. The van der Waals surface area contributed by atoms with E-state index in [9.17, 15) is 0 Å². The van der Waals surface area contributed by atoms with E-state index in [4.69, 9.17) is 0 Å². The topological polar surface area (TPSA) is 25.1 Å². The molecule has 3 heteroatoms. The molecule has 3 nitrogen and oxygen atoms in total. The highest BCUT2D eigenvalue weighted by atomic mass is 17.4. The van der Waals surface area contributed by atoms with Crippen LogP contribution in [0.4, 0.5) is 0 Å². The zero-order valence-electron chi connectivity index (χ0n) is 15.3. The fourth-order valence-corrected chi connectivity index (χ4v) is 2.70. The van der Waals surface area contributed by atoms with Crippen molar-refractivity contribution in [2.45, 2.75) is 92.3 Å². The van der Waals surface area contributed by atoms with Gasteiger partial charge in [0, 0.05) is 0 Å². The molecular formula is C18H40NO2+. The van der Waals surface area contributed by atoms with E-state index >= 15 is 0 Å². The highest BCUT2D eigenvalue weighted by molar-refractivity contribution is 4.49. The van der Waals surface area contributed by atoms with Crippen molar-refractivity contribution in [1.29, 1.82) is 0 Å². The summed E-state index contributed by atoms with van der Waals surface area (Å²) in [4.78, 5) is 8.42. The van der Waals surface area contributed by atoms with E-state index < -0.39 is 0 Å². The van der Waals surface area contributed by atoms with Crippen LogP contribution in [0.25, 0.3) is 0 Å². The van der Waals surface area contributed by atoms with Crippen LogP contribution in [-0.4, -0.2) is 37.0 Å². The van der Waals surface area contributed by atoms with Gasteiger partial charge >= 0.3 is 0 Å². The fourth-order valence-electron chi connectivity index (χ4n) is 2.70. The molecule has 0 N–H and O–H groups in total. The monoisotopic (exact) mass is 302 g/mol. The second kappa shape index (κ2) is 13.5. The first kappa shape index (κ1) is 20.9. The third-order valence-electron chi connectivity index (χ3n) is 4.23. The molecule has 0 aromatic heterocycles. The molecule has 21 heavy (non-hydrogen) atoms. The van der Waals surface area contributed by atoms with Gasteiger partial charge in [0.25, 0.3) is 0 Å². The van der Waals surface area contributed by atoms with E-state index in [1.165, 1.54) is 82.0 Å². The van der Waals surface area contributed by atoms with Gasteiger partial charge in [-0.3, -0.25) is 0 Å². The molecule has 1 aliphatic heterocycles. The van der Waals surface area contributed by atoms with Crippen LogP contribution in [0.1, 0.15) is 86.0 Å². The van der Waals surface area contributed by atoms with Crippen molar-refractivity contribution in [3.05, 3.63) is 0 Å². The Morgan fingerprint density at radius 1 is 0.619 bits per heavy atom. The van der Waals surface area contributed by atoms with E-state index in [0.717, 1.165) is 0 Å². The molecule has 1 heterocycles. The van der Waals surface area contributed by atoms with E-state index in [1.807, 2.05) is 6.92 Å². The minimum atomic E-state index is 0.0833. The quantitative estimate of drug-likeness (QED) is 0.278. The molecule has 1 aliphatic rings. The van der Waals surface area contributed by atoms with Crippen molar-refractivity contribution in [3.8, 4) is 0 Å². The Kier molecular flexibility index (Phi) is 13.5. The highest BCUT2D eigenvalue weighted by Gasteiger charge is 2.24. The van der Waals surface area contributed by atoms with Gasteiger partial charge in [-0.15, -0.1) is 0 Å². The number of rotatable bonds is 12. The van der Waals surface area contributed by atoms with Gasteiger partial charge in [-0.1, -0.05) is 53.4 Å². The summed E-state index contributed by atoms with van der Waals surface area (Å²) in [5.74, 6) is 0. The van der Waals surface area contributed by atoms with Crippen molar-refractivity contribution in [2.24, 2.45) is 0 Å². The number of unbranched alkanes of at least 4 members (excludes halogenated alkanes) is 4. The van der Waals surface area contributed by atoms with Gasteiger partial charge in [0.1, 0.15) is 0 Å². The molecule has 0 atom stereocenters. The predicted molar refractivity (Wildman–Crippen MR) is 91.0 cm³/mol. The molecule has 0 spiro atoms. The molecule has 0 aromatic carbocycles. The zero-order chi connectivity index (χ0) is 16.0. The summed E-state index contributed by atoms with van der Waals surface area (Å²) in [7, 11) is 0. The molecule has 128 valence electrons. The smallest absolute Gasteiger partial charge is 0.221 e. The minimum Gasteiger partial charge on any atom is -0.324 e. The molecule has 0 aliphatic carbocycles. The second-order valence-electron chi connectivity index (χ2n) is 6.41. The third-order valence-corrected chi connectivity index (χ3v) is 4.23. The van der Waals surface area contributed by atoms with Crippen LogP contribution in [0.3, 0.4) is 0 Å². The fraction of sp³-hybridized carbons (Fsp3) is 1.00. The number of quaternary nitrogens is 1. The minimum absolute atomic E-state index is 0.0833. The van der Waals surface area contributed by atoms with Crippen molar-refractivity contribution in [1.82, 2.24) is 0 Å². The Labute approximate surface area is 133 Å². The molecule has 0 amide bonds. The highest BCUT2D eigenvalue weighted by Crippen LogP contribution is 2.16. The van der Waals surface area contributed by atoms with Crippen molar-refractivity contribution >= 4 is 0 Å². The maximum Gasteiger partial charge on any atom is 0.221 e. The van der Waals surface area contributed by atoms with Gasteiger partial charge in [-0.25, -0.2) is 0 Å². The van der Waals surface area contributed by atoms with Crippen LogP contribution in [0.2, 0.25) is 0 Å². The van der Waals surface area contributed by atoms with Crippen molar-refractivity contribution in [3.63, 3.8) is 0 Å². The summed E-state index contributed by atoms with van der Waals surface area (Å²) < 4.78 is 1.42. The first-order chi connectivity index (χ1) is 10.1. The zero-order valence-corrected chi connectivity index (χ0v) is 15.3. The molecule has 1 fully saturated rings. The Bertz CT molecular complexity index is 180.